The fourth-order valence-electron chi connectivity index (χ4n) is 1.59. The van der Waals surface area contributed by atoms with Crippen molar-refractivity contribution in [2.75, 3.05) is 27.2 Å². The lowest BCUT2D eigenvalue weighted by molar-refractivity contribution is -0.120. The summed E-state index contributed by atoms with van der Waals surface area (Å²) in [6.07, 6.45) is 0.267. The molecule has 0 heterocycles. The summed E-state index contributed by atoms with van der Waals surface area (Å²) in [6.45, 7) is 0.134. The van der Waals surface area contributed by atoms with Gasteiger partial charge in [-0.1, -0.05) is 17.9 Å². The van der Waals surface area contributed by atoms with Gasteiger partial charge in [-0.2, -0.15) is 0 Å². The van der Waals surface area contributed by atoms with Crippen molar-refractivity contribution in [1.82, 2.24) is 10.2 Å². The van der Waals surface area contributed by atoms with Crippen molar-refractivity contribution in [1.29, 1.82) is 0 Å². The molecule has 0 bridgehead atoms. The molecule has 0 aliphatic carbocycles. The molecule has 0 fully saturated rings. The van der Waals surface area contributed by atoms with Gasteiger partial charge in [-0.25, -0.2) is 0 Å². The molecule has 0 saturated heterocycles. The van der Waals surface area contributed by atoms with E-state index >= 15 is 0 Å². The highest BCUT2D eigenvalue weighted by Crippen LogP contribution is 2.07. The molecule has 0 spiro atoms. The van der Waals surface area contributed by atoms with Gasteiger partial charge in [0.25, 0.3) is 5.91 Å². The summed E-state index contributed by atoms with van der Waals surface area (Å²) in [4.78, 5) is 24.8. The quantitative estimate of drug-likeness (QED) is 0.773. The predicted molar refractivity (Wildman–Crippen MR) is 76.1 cm³/mol. The zero-order chi connectivity index (χ0) is 15.0. The third-order valence-electron chi connectivity index (χ3n) is 2.72. The van der Waals surface area contributed by atoms with Crippen LogP contribution < -0.4 is 5.32 Å². The molecule has 0 atom stereocenters. The van der Waals surface area contributed by atoms with Gasteiger partial charge < -0.3 is 15.3 Å². The standard InChI is InChI=1S/C15H18N2O3/c1-16-14(19)8-9-17(2)15(20)13-7-3-5-12(11-13)6-4-10-18/h3,5,7,11,18H,8-10H2,1-2H3,(H,16,19). The van der Waals surface area contributed by atoms with Crippen LogP contribution in [0.1, 0.15) is 22.3 Å². The number of nitrogens with zero attached hydrogens (tertiary/aromatic N) is 1. The highest BCUT2D eigenvalue weighted by molar-refractivity contribution is 5.94. The lowest BCUT2D eigenvalue weighted by Gasteiger charge is -2.16. The van der Waals surface area contributed by atoms with E-state index in [1.54, 1.807) is 38.4 Å². The van der Waals surface area contributed by atoms with Gasteiger partial charge in [-0.3, -0.25) is 9.59 Å². The second-order valence-electron chi connectivity index (χ2n) is 4.19. The minimum absolute atomic E-state index is 0.104. The van der Waals surface area contributed by atoms with Gasteiger partial charge >= 0.3 is 0 Å². The van der Waals surface area contributed by atoms with Crippen molar-refractivity contribution in [2.24, 2.45) is 0 Å². The molecule has 5 heteroatoms. The van der Waals surface area contributed by atoms with E-state index in [4.69, 9.17) is 5.11 Å². The Morgan fingerprint density at radius 1 is 1.40 bits per heavy atom. The number of aliphatic hydroxyl groups is 1. The molecular weight excluding hydrogens is 256 g/mol. The number of amides is 2. The average Bonchev–Trinajstić information content (AvgIpc) is 2.49. The molecule has 0 radical (unpaired) electrons. The van der Waals surface area contributed by atoms with Gasteiger partial charge in [-0.05, 0) is 18.2 Å². The Bertz CT molecular complexity index is 544. The third-order valence-corrected chi connectivity index (χ3v) is 2.72. The molecule has 0 aliphatic rings. The summed E-state index contributed by atoms with van der Waals surface area (Å²) in [5.41, 5.74) is 1.18. The maximum Gasteiger partial charge on any atom is 0.253 e. The van der Waals surface area contributed by atoms with Crippen LogP contribution in [0.25, 0.3) is 0 Å². The molecule has 2 amide bonds. The van der Waals surface area contributed by atoms with Crippen LogP contribution in [-0.4, -0.2) is 49.1 Å². The van der Waals surface area contributed by atoms with Gasteiger partial charge in [0.15, 0.2) is 0 Å². The Labute approximate surface area is 118 Å². The summed E-state index contributed by atoms with van der Waals surface area (Å²) >= 11 is 0. The van der Waals surface area contributed by atoms with Crippen molar-refractivity contribution in [2.45, 2.75) is 6.42 Å². The Balaban J connectivity index is 2.73. The second kappa shape index (κ2) is 7.97. The summed E-state index contributed by atoms with van der Waals surface area (Å²) in [6, 6.07) is 6.87. The number of hydrogen-bond donors (Lipinski definition) is 2. The van der Waals surface area contributed by atoms with E-state index in [-0.39, 0.29) is 24.8 Å². The molecule has 0 unspecified atom stereocenters. The van der Waals surface area contributed by atoms with Gasteiger partial charge in [-0.15, -0.1) is 0 Å². The van der Waals surface area contributed by atoms with E-state index in [1.165, 1.54) is 4.90 Å². The fourth-order valence-corrected chi connectivity index (χ4v) is 1.59. The van der Waals surface area contributed by atoms with Crippen molar-refractivity contribution in [3.63, 3.8) is 0 Å². The minimum atomic E-state index is -0.218. The van der Waals surface area contributed by atoms with Crippen LogP contribution in [0.3, 0.4) is 0 Å². The molecule has 1 aromatic rings. The van der Waals surface area contributed by atoms with Crippen LogP contribution in [0.5, 0.6) is 0 Å². The highest BCUT2D eigenvalue weighted by atomic mass is 16.2. The Morgan fingerprint density at radius 3 is 2.80 bits per heavy atom. The smallest absolute Gasteiger partial charge is 0.253 e. The summed E-state index contributed by atoms with van der Waals surface area (Å²) < 4.78 is 0. The molecule has 0 aromatic heterocycles. The molecule has 106 valence electrons. The van der Waals surface area contributed by atoms with E-state index in [0.29, 0.717) is 17.7 Å². The second-order valence-corrected chi connectivity index (χ2v) is 4.19. The minimum Gasteiger partial charge on any atom is -0.384 e. The zero-order valence-electron chi connectivity index (χ0n) is 11.6. The fraction of sp³-hybridized carbons (Fsp3) is 0.333. The van der Waals surface area contributed by atoms with Crippen LogP contribution in [-0.2, 0) is 4.79 Å². The highest BCUT2D eigenvalue weighted by Gasteiger charge is 2.12. The molecule has 1 aromatic carbocycles. The molecule has 5 nitrogen and oxygen atoms in total. The maximum atomic E-state index is 12.2. The van der Waals surface area contributed by atoms with Crippen molar-refractivity contribution < 1.29 is 14.7 Å². The van der Waals surface area contributed by atoms with Gasteiger partial charge in [0.05, 0.1) is 0 Å². The lowest BCUT2D eigenvalue weighted by Crippen LogP contribution is -2.31. The first-order valence-corrected chi connectivity index (χ1v) is 6.24. The number of benzene rings is 1. The monoisotopic (exact) mass is 274 g/mol. The topological polar surface area (TPSA) is 69.6 Å². The molecule has 1 rings (SSSR count). The normalized spacial score (nSPS) is 9.35. The average molecular weight is 274 g/mol. The van der Waals surface area contributed by atoms with Crippen molar-refractivity contribution in [3.8, 4) is 11.8 Å². The van der Waals surface area contributed by atoms with Gasteiger partial charge in [0, 0.05) is 38.2 Å². The third kappa shape index (κ3) is 4.75. The zero-order valence-corrected chi connectivity index (χ0v) is 11.6. The van der Waals surface area contributed by atoms with Crippen LogP contribution in [0.4, 0.5) is 0 Å². The van der Waals surface area contributed by atoms with Crippen molar-refractivity contribution >= 4 is 11.8 Å². The summed E-state index contributed by atoms with van der Waals surface area (Å²) in [7, 11) is 3.21. The molecule has 20 heavy (non-hydrogen) atoms. The van der Waals surface area contributed by atoms with Crippen LogP contribution in [0.15, 0.2) is 24.3 Å². The number of nitrogens with one attached hydrogen (secondary N) is 1. The van der Waals surface area contributed by atoms with E-state index in [1.807, 2.05) is 0 Å². The summed E-state index contributed by atoms with van der Waals surface area (Å²) in [5.74, 6) is 5.02. The Kier molecular flexibility index (Phi) is 6.27. The van der Waals surface area contributed by atoms with Gasteiger partial charge in [0.2, 0.25) is 5.91 Å². The molecule has 2 N–H and O–H groups in total. The molecule has 0 aliphatic heterocycles. The number of rotatable bonds is 4. The number of hydrogen-bond acceptors (Lipinski definition) is 3. The largest absolute Gasteiger partial charge is 0.384 e. The first kappa shape index (κ1) is 15.7. The number of carbonyl (C=O) groups excluding carboxylic acids is 2. The molecular formula is C15H18N2O3. The first-order chi connectivity index (χ1) is 9.58. The first-order valence-electron chi connectivity index (χ1n) is 6.24. The van der Waals surface area contributed by atoms with E-state index in [9.17, 15) is 9.59 Å². The maximum absolute atomic E-state index is 12.2. The Morgan fingerprint density at radius 2 is 2.15 bits per heavy atom. The van der Waals surface area contributed by atoms with Gasteiger partial charge in [0.1, 0.15) is 6.61 Å². The predicted octanol–water partition coefficient (Wildman–Crippen LogP) is 0.238. The Hall–Kier alpha value is -2.32. The lowest BCUT2D eigenvalue weighted by atomic mass is 10.1. The number of aliphatic hydroxyl groups excluding tert-OH is 1. The van der Waals surface area contributed by atoms with Crippen molar-refractivity contribution in [3.05, 3.63) is 35.4 Å². The van der Waals surface area contributed by atoms with E-state index < -0.39 is 0 Å². The van der Waals surface area contributed by atoms with E-state index in [0.717, 1.165) is 0 Å². The van der Waals surface area contributed by atoms with E-state index in [2.05, 4.69) is 17.2 Å². The molecule has 0 saturated carbocycles. The SMILES string of the molecule is CNC(=O)CCN(C)C(=O)c1cccc(C#CCO)c1. The van der Waals surface area contributed by atoms with Crippen LogP contribution in [0.2, 0.25) is 0 Å². The van der Waals surface area contributed by atoms with Crippen LogP contribution >= 0.6 is 0 Å². The van der Waals surface area contributed by atoms with Crippen LogP contribution in [0, 0.1) is 11.8 Å². The number of carbonyl (C=O) groups is 2. The summed E-state index contributed by atoms with van der Waals surface area (Å²) in [5, 5.41) is 11.2.